The molecule has 1 N–H and O–H groups in total. The van der Waals surface area contributed by atoms with Crippen LogP contribution in [0.4, 0.5) is 0 Å². The highest BCUT2D eigenvalue weighted by Gasteiger charge is 2.32. The van der Waals surface area contributed by atoms with Gasteiger partial charge in [0, 0.05) is 19.1 Å². The van der Waals surface area contributed by atoms with Crippen LogP contribution in [-0.4, -0.2) is 43.5 Å². The SMILES string of the molecule is CCCS(=O)(=O)N1CCC[C@@H](C(=O)N[C@H](C)CCc2ccccc2)C1. The molecular weight excluding hydrogens is 336 g/mol. The van der Waals surface area contributed by atoms with E-state index in [4.69, 9.17) is 0 Å². The van der Waals surface area contributed by atoms with Gasteiger partial charge in [0.25, 0.3) is 0 Å². The van der Waals surface area contributed by atoms with Gasteiger partial charge in [0.15, 0.2) is 0 Å². The number of sulfonamides is 1. The summed E-state index contributed by atoms with van der Waals surface area (Å²) >= 11 is 0. The standard InChI is InChI=1S/C19H30N2O3S/c1-3-14-25(23,24)21-13-7-10-18(15-21)19(22)20-16(2)11-12-17-8-5-4-6-9-17/h4-6,8-9,16,18H,3,7,10-15H2,1-2H3,(H,20,22)/t16-,18-/m1/s1. The van der Waals surface area contributed by atoms with Gasteiger partial charge in [0.05, 0.1) is 11.7 Å². The van der Waals surface area contributed by atoms with Crippen LogP contribution in [0.2, 0.25) is 0 Å². The molecule has 1 aliphatic rings. The summed E-state index contributed by atoms with van der Waals surface area (Å²) in [6.07, 6.45) is 3.91. The van der Waals surface area contributed by atoms with Crippen LogP contribution in [0.3, 0.4) is 0 Å². The van der Waals surface area contributed by atoms with Gasteiger partial charge >= 0.3 is 0 Å². The first-order valence-corrected chi connectivity index (χ1v) is 10.9. The zero-order chi connectivity index (χ0) is 18.3. The van der Waals surface area contributed by atoms with Crippen molar-refractivity contribution in [3.8, 4) is 0 Å². The van der Waals surface area contributed by atoms with Crippen molar-refractivity contribution in [2.75, 3.05) is 18.8 Å². The molecule has 0 spiro atoms. The molecule has 0 aromatic heterocycles. The normalized spacial score (nSPS) is 20.2. The summed E-state index contributed by atoms with van der Waals surface area (Å²) in [6, 6.07) is 10.3. The summed E-state index contributed by atoms with van der Waals surface area (Å²) in [5.74, 6) is -0.0917. The Balaban J connectivity index is 1.83. The zero-order valence-electron chi connectivity index (χ0n) is 15.3. The monoisotopic (exact) mass is 366 g/mol. The molecule has 1 heterocycles. The van der Waals surface area contributed by atoms with E-state index in [1.54, 1.807) is 0 Å². The smallest absolute Gasteiger partial charge is 0.224 e. The van der Waals surface area contributed by atoms with Crippen molar-refractivity contribution in [1.29, 1.82) is 0 Å². The van der Waals surface area contributed by atoms with E-state index in [0.717, 1.165) is 25.7 Å². The lowest BCUT2D eigenvalue weighted by molar-refractivity contribution is -0.126. The molecule has 1 aliphatic heterocycles. The number of nitrogens with zero attached hydrogens (tertiary/aromatic N) is 1. The Hall–Kier alpha value is -1.40. The van der Waals surface area contributed by atoms with Gasteiger partial charge in [-0.05, 0) is 44.6 Å². The van der Waals surface area contributed by atoms with Crippen molar-refractivity contribution in [3.05, 3.63) is 35.9 Å². The maximum atomic E-state index is 12.5. The highest BCUT2D eigenvalue weighted by atomic mass is 32.2. The zero-order valence-corrected chi connectivity index (χ0v) is 16.1. The van der Waals surface area contributed by atoms with Gasteiger partial charge in [-0.1, -0.05) is 37.3 Å². The molecule has 2 rings (SSSR count). The minimum absolute atomic E-state index is 0.0167. The quantitative estimate of drug-likeness (QED) is 0.769. The summed E-state index contributed by atoms with van der Waals surface area (Å²) < 4.78 is 26.0. The molecule has 1 fully saturated rings. The average Bonchev–Trinajstić information content (AvgIpc) is 2.61. The number of carbonyl (C=O) groups excluding carboxylic acids is 1. The number of piperidine rings is 1. The fraction of sp³-hybridized carbons (Fsp3) is 0.632. The average molecular weight is 367 g/mol. The number of hydrogen-bond acceptors (Lipinski definition) is 3. The largest absolute Gasteiger partial charge is 0.353 e. The van der Waals surface area contributed by atoms with Crippen LogP contribution in [-0.2, 0) is 21.2 Å². The van der Waals surface area contributed by atoms with Crippen molar-refractivity contribution in [1.82, 2.24) is 9.62 Å². The number of carbonyl (C=O) groups is 1. The van der Waals surface area contributed by atoms with Gasteiger partial charge in [-0.15, -0.1) is 0 Å². The Morgan fingerprint density at radius 2 is 2.04 bits per heavy atom. The van der Waals surface area contributed by atoms with Crippen LogP contribution >= 0.6 is 0 Å². The molecule has 6 heteroatoms. The lowest BCUT2D eigenvalue weighted by Gasteiger charge is -2.31. The third-order valence-electron chi connectivity index (χ3n) is 4.71. The van der Waals surface area contributed by atoms with E-state index in [1.165, 1.54) is 9.87 Å². The van der Waals surface area contributed by atoms with E-state index < -0.39 is 10.0 Å². The number of rotatable bonds is 8. The Kier molecular flexibility index (Phi) is 7.44. The highest BCUT2D eigenvalue weighted by Crippen LogP contribution is 2.20. The van der Waals surface area contributed by atoms with Crippen LogP contribution in [0.1, 0.15) is 45.1 Å². The van der Waals surface area contributed by atoms with Crippen LogP contribution in [0.5, 0.6) is 0 Å². The Morgan fingerprint density at radius 1 is 1.32 bits per heavy atom. The first kappa shape index (κ1) is 19.9. The third kappa shape index (κ3) is 6.12. The van der Waals surface area contributed by atoms with Gasteiger partial charge in [-0.3, -0.25) is 4.79 Å². The summed E-state index contributed by atoms with van der Waals surface area (Å²) in [6.45, 7) is 4.73. The van der Waals surface area contributed by atoms with Crippen LogP contribution in [0.15, 0.2) is 30.3 Å². The Morgan fingerprint density at radius 3 is 2.72 bits per heavy atom. The number of hydrogen-bond donors (Lipinski definition) is 1. The Labute approximate surface area is 151 Å². The van der Waals surface area contributed by atoms with Crippen LogP contribution in [0, 0.1) is 5.92 Å². The second-order valence-corrected chi connectivity index (χ2v) is 9.04. The third-order valence-corrected chi connectivity index (χ3v) is 6.75. The highest BCUT2D eigenvalue weighted by molar-refractivity contribution is 7.89. The Bertz CT molecular complexity index is 646. The molecule has 0 unspecified atom stereocenters. The van der Waals surface area contributed by atoms with Crippen molar-refractivity contribution in [2.45, 2.75) is 52.0 Å². The molecule has 2 atom stereocenters. The topological polar surface area (TPSA) is 66.5 Å². The predicted molar refractivity (Wildman–Crippen MR) is 101 cm³/mol. The van der Waals surface area contributed by atoms with E-state index in [1.807, 2.05) is 32.0 Å². The molecular formula is C19H30N2O3S. The fourth-order valence-electron chi connectivity index (χ4n) is 3.26. The van der Waals surface area contributed by atoms with E-state index in [9.17, 15) is 13.2 Å². The maximum absolute atomic E-state index is 12.5. The first-order valence-electron chi connectivity index (χ1n) is 9.24. The number of aryl methyl sites for hydroxylation is 1. The number of amides is 1. The molecule has 1 saturated heterocycles. The van der Waals surface area contributed by atoms with E-state index >= 15 is 0 Å². The molecule has 25 heavy (non-hydrogen) atoms. The van der Waals surface area contributed by atoms with Crippen molar-refractivity contribution in [2.24, 2.45) is 5.92 Å². The van der Waals surface area contributed by atoms with Crippen molar-refractivity contribution < 1.29 is 13.2 Å². The van der Waals surface area contributed by atoms with Crippen molar-refractivity contribution in [3.63, 3.8) is 0 Å². The fourth-order valence-corrected chi connectivity index (χ4v) is 4.85. The molecule has 5 nitrogen and oxygen atoms in total. The van der Waals surface area contributed by atoms with Gasteiger partial charge < -0.3 is 5.32 Å². The molecule has 0 bridgehead atoms. The van der Waals surface area contributed by atoms with Gasteiger partial charge in [0.1, 0.15) is 0 Å². The minimum atomic E-state index is -3.22. The van der Waals surface area contributed by atoms with Crippen molar-refractivity contribution >= 4 is 15.9 Å². The maximum Gasteiger partial charge on any atom is 0.224 e. The lowest BCUT2D eigenvalue weighted by atomic mass is 9.98. The van der Waals surface area contributed by atoms with Crippen LogP contribution < -0.4 is 5.32 Å². The van der Waals surface area contributed by atoms with Gasteiger partial charge in [-0.25, -0.2) is 12.7 Å². The lowest BCUT2D eigenvalue weighted by Crippen LogP contribution is -2.47. The summed E-state index contributed by atoms with van der Waals surface area (Å²) in [5, 5.41) is 3.06. The molecule has 1 aromatic rings. The van der Waals surface area contributed by atoms with Crippen LogP contribution in [0.25, 0.3) is 0 Å². The van der Waals surface area contributed by atoms with E-state index in [-0.39, 0.29) is 23.6 Å². The summed E-state index contributed by atoms with van der Waals surface area (Å²) in [4.78, 5) is 12.5. The molecule has 0 aliphatic carbocycles. The second-order valence-electron chi connectivity index (χ2n) is 6.95. The molecule has 1 aromatic carbocycles. The number of nitrogens with one attached hydrogen (secondary N) is 1. The second kappa shape index (κ2) is 9.34. The van der Waals surface area contributed by atoms with Gasteiger partial charge in [-0.2, -0.15) is 0 Å². The molecule has 0 saturated carbocycles. The van der Waals surface area contributed by atoms with E-state index in [0.29, 0.717) is 19.5 Å². The number of benzene rings is 1. The minimum Gasteiger partial charge on any atom is -0.353 e. The predicted octanol–water partition coefficient (Wildman–Crippen LogP) is 2.58. The summed E-state index contributed by atoms with van der Waals surface area (Å²) in [7, 11) is -3.22. The molecule has 0 radical (unpaired) electrons. The summed E-state index contributed by atoms with van der Waals surface area (Å²) in [5.41, 5.74) is 1.26. The molecule has 140 valence electrons. The van der Waals surface area contributed by atoms with E-state index in [2.05, 4.69) is 17.4 Å². The van der Waals surface area contributed by atoms with Gasteiger partial charge in [0.2, 0.25) is 15.9 Å². The molecule has 1 amide bonds. The first-order chi connectivity index (χ1) is 11.9.